The molecule has 0 aromatic heterocycles. The van der Waals surface area contributed by atoms with E-state index in [4.69, 9.17) is 10.5 Å². The molecule has 0 fully saturated rings. The predicted octanol–water partition coefficient (Wildman–Crippen LogP) is 1.62. The molecule has 0 aliphatic carbocycles. The fourth-order valence-corrected chi connectivity index (χ4v) is 1.56. The van der Waals surface area contributed by atoms with Crippen LogP contribution in [0.25, 0.3) is 0 Å². The molecule has 0 saturated heterocycles. The lowest BCUT2D eigenvalue weighted by Gasteiger charge is -2.22. The van der Waals surface area contributed by atoms with Gasteiger partial charge in [0.15, 0.2) is 0 Å². The minimum atomic E-state index is -0.444. The molecule has 3 N–H and O–H groups in total. The molecule has 1 unspecified atom stereocenters. The minimum Gasteiger partial charge on any atom is -0.378 e. The van der Waals surface area contributed by atoms with Gasteiger partial charge in [0.25, 0.3) is 0 Å². The van der Waals surface area contributed by atoms with E-state index in [2.05, 4.69) is 5.32 Å². The molecule has 0 heterocycles. The van der Waals surface area contributed by atoms with Crippen LogP contribution in [-0.4, -0.2) is 25.2 Å². The SMILES string of the molecule is COC(C)(C)CC(=O)NCC(N)c1ccccc1. The predicted molar refractivity (Wildman–Crippen MR) is 72.1 cm³/mol. The first-order valence-corrected chi connectivity index (χ1v) is 6.07. The Hall–Kier alpha value is -1.39. The molecular formula is C14H22N2O2. The molecule has 1 amide bonds. The average Bonchev–Trinajstić information content (AvgIpc) is 2.36. The second kappa shape index (κ2) is 6.52. The van der Waals surface area contributed by atoms with Crippen molar-refractivity contribution < 1.29 is 9.53 Å². The van der Waals surface area contributed by atoms with Gasteiger partial charge in [-0.1, -0.05) is 30.3 Å². The van der Waals surface area contributed by atoms with Crippen molar-refractivity contribution in [2.45, 2.75) is 31.9 Å². The Morgan fingerprint density at radius 2 is 2.00 bits per heavy atom. The van der Waals surface area contributed by atoms with Crippen molar-refractivity contribution in [3.8, 4) is 0 Å². The first-order chi connectivity index (χ1) is 8.44. The molecule has 1 rings (SSSR count). The molecule has 0 aliphatic heterocycles. The summed E-state index contributed by atoms with van der Waals surface area (Å²) in [7, 11) is 1.60. The Morgan fingerprint density at radius 1 is 1.39 bits per heavy atom. The Morgan fingerprint density at radius 3 is 2.56 bits per heavy atom. The summed E-state index contributed by atoms with van der Waals surface area (Å²) in [5, 5.41) is 2.83. The molecule has 0 bridgehead atoms. The van der Waals surface area contributed by atoms with Crippen LogP contribution < -0.4 is 11.1 Å². The number of benzene rings is 1. The quantitative estimate of drug-likeness (QED) is 0.806. The van der Waals surface area contributed by atoms with Gasteiger partial charge in [-0.2, -0.15) is 0 Å². The van der Waals surface area contributed by atoms with E-state index in [-0.39, 0.29) is 11.9 Å². The molecule has 1 atom stereocenters. The lowest BCUT2D eigenvalue weighted by Crippen LogP contribution is -2.37. The van der Waals surface area contributed by atoms with Crippen molar-refractivity contribution in [3.63, 3.8) is 0 Å². The number of amides is 1. The normalized spacial score (nSPS) is 13.1. The summed E-state index contributed by atoms with van der Waals surface area (Å²) in [6.07, 6.45) is 0.324. The molecular weight excluding hydrogens is 228 g/mol. The van der Waals surface area contributed by atoms with Crippen molar-refractivity contribution in [2.24, 2.45) is 5.73 Å². The lowest BCUT2D eigenvalue weighted by molar-refractivity contribution is -0.126. The highest BCUT2D eigenvalue weighted by molar-refractivity contribution is 5.76. The fraction of sp³-hybridized carbons (Fsp3) is 0.500. The summed E-state index contributed by atoms with van der Waals surface area (Å²) >= 11 is 0. The highest BCUT2D eigenvalue weighted by Gasteiger charge is 2.21. The number of hydrogen-bond acceptors (Lipinski definition) is 3. The van der Waals surface area contributed by atoms with Crippen LogP contribution in [0, 0.1) is 0 Å². The van der Waals surface area contributed by atoms with Gasteiger partial charge >= 0.3 is 0 Å². The van der Waals surface area contributed by atoms with E-state index in [0.29, 0.717) is 13.0 Å². The highest BCUT2D eigenvalue weighted by atomic mass is 16.5. The summed E-state index contributed by atoms with van der Waals surface area (Å²) < 4.78 is 5.21. The van der Waals surface area contributed by atoms with Gasteiger partial charge in [-0.05, 0) is 19.4 Å². The van der Waals surface area contributed by atoms with Gasteiger partial charge in [-0.15, -0.1) is 0 Å². The number of methoxy groups -OCH3 is 1. The second-order valence-corrected chi connectivity index (χ2v) is 4.96. The van der Waals surface area contributed by atoms with E-state index in [1.54, 1.807) is 7.11 Å². The first-order valence-electron chi connectivity index (χ1n) is 6.07. The molecule has 0 spiro atoms. The summed E-state index contributed by atoms with van der Waals surface area (Å²) in [5.41, 5.74) is 6.57. The van der Waals surface area contributed by atoms with Crippen LogP contribution in [-0.2, 0) is 9.53 Å². The van der Waals surface area contributed by atoms with E-state index >= 15 is 0 Å². The third kappa shape index (κ3) is 4.85. The number of rotatable bonds is 6. The van der Waals surface area contributed by atoms with Crippen molar-refractivity contribution in [1.29, 1.82) is 0 Å². The molecule has 18 heavy (non-hydrogen) atoms. The zero-order chi connectivity index (χ0) is 13.6. The summed E-state index contributed by atoms with van der Waals surface area (Å²) in [4.78, 5) is 11.7. The number of carbonyl (C=O) groups excluding carboxylic acids is 1. The number of ether oxygens (including phenoxy) is 1. The van der Waals surface area contributed by atoms with Crippen LogP contribution in [0.4, 0.5) is 0 Å². The third-order valence-electron chi connectivity index (χ3n) is 2.89. The van der Waals surface area contributed by atoms with Crippen molar-refractivity contribution in [1.82, 2.24) is 5.32 Å². The molecule has 1 aromatic carbocycles. The Bertz CT molecular complexity index is 377. The second-order valence-electron chi connectivity index (χ2n) is 4.96. The van der Waals surface area contributed by atoms with Gasteiger partial charge in [-0.25, -0.2) is 0 Å². The maximum absolute atomic E-state index is 11.7. The molecule has 4 nitrogen and oxygen atoms in total. The number of nitrogens with two attached hydrogens (primary N) is 1. The number of carbonyl (C=O) groups is 1. The van der Waals surface area contributed by atoms with E-state index in [1.165, 1.54) is 0 Å². The van der Waals surface area contributed by atoms with E-state index < -0.39 is 5.60 Å². The smallest absolute Gasteiger partial charge is 0.222 e. The zero-order valence-electron chi connectivity index (χ0n) is 11.3. The highest BCUT2D eigenvalue weighted by Crippen LogP contribution is 2.13. The standard InChI is InChI=1S/C14H22N2O2/c1-14(2,18-3)9-13(17)16-10-12(15)11-7-5-4-6-8-11/h4-8,12H,9-10,15H2,1-3H3,(H,16,17). The number of nitrogens with one attached hydrogen (secondary N) is 1. The lowest BCUT2D eigenvalue weighted by atomic mass is 10.0. The van der Waals surface area contributed by atoms with Gasteiger partial charge < -0.3 is 15.8 Å². The summed E-state index contributed by atoms with van der Waals surface area (Å²) in [6, 6.07) is 9.54. The zero-order valence-corrected chi connectivity index (χ0v) is 11.3. The van der Waals surface area contributed by atoms with Crippen LogP contribution in [0.1, 0.15) is 31.9 Å². The topological polar surface area (TPSA) is 64.3 Å². The Labute approximate surface area is 109 Å². The van der Waals surface area contributed by atoms with Crippen LogP contribution in [0.15, 0.2) is 30.3 Å². The molecule has 1 aromatic rings. The van der Waals surface area contributed by atoms with Gasteiger partial charge in [0.05, 0.1) is 12.0 Å². The number of hydrogen-bond donors (Lipinski definition) is 2. The molecule has 0 saturated carbocycles. The molecule has 0 radical (unpaired) electrons. The van der Waals surface area contributed by atoms with Crippen LogP contribution in [0.2, 0.25) is 0 Å². The molecule has 100 valence electrons. The molecule has 4 heteroatoms. The van der Waals surface area contributed by atoms with Gasteiger partial charge in [-0.3, -0.25) is 4.79 Å². The Balaban J connectivity index is 2.39. The average molecular weight is 250 g/mol. The summed E-state index contributed by atoms with van der Waals surface area (Å²) in [5.74, 6) is -0.0479. The van der Waals surface area contributed by atoms with Crippen molar-refractivity contribution in [3.05, 3.63) is 35.9 Å². The Kier molecular flexibility index (Phi) is 5.31. The van der Waals surface area contributed by atoms with Crippen LogP contribution in [0.5, 0.6) is 0 Å². The monoisotopic (exact) mass is 250 g/mol. The van der Waals surface area contributed by atoms with E-state index in [9.17, 15) is 4.79 Å². The maximum atomic E-state index is 11.7. The van der Waals surface area contributed by atoms with Gasteiger partial charge in [0.2, 0.25) is 5.91 Å². The van der Waals surface area contributed by atoms with Crippen LogP contribution >= 0.6 is 0 Å². The van der Waals surface area contributed by atoms with Gasteiger partial charge in [0.1, 0.15) is 0 Å². The first kappa shape index (κ1) is 14.7. The van der Waals surface area contributed by atoms with Crippen molar-refractivity contribution >= 4 is 5.91 Å². The maximum Gasteiger partial charge on any atom is 0.222 e. The largest absolute Gasteiger partial charge is 0.378 e. The van der Waals surface area contributed by atoms with E-state index in [1.807, 2.05) is 44.2 Å². The van der Waals surface area contributed by atoms with Crippen molar-refractivity contribution in [2.75, 3.05) is 13.7 Å². The van der Waals surface area contributed by atoms with Gasteiger partial charge in [0, 0.05) is 19.7 Å². The van der Waals surface area contributed by atoms with Crippen LogP contribution in [0.3, 0.4) is 0 Å². The minimum absolute atomic E-state index is 0.0479. The van der Waals surface area contributed by atoms with E-state index in [0.717, 1.165) is 5.56 Å². The summed E-state index contributed by atoms with van der Waals surface area (Å²) in [6.45, 7) is 4.19. The fourth-order valence-electron chi connectivity index (χ4n) is 1.56. The molecule has 0 aliphatic rings. The third-order valence-corrected chi connectivity index (χ3v) is 2.89.